The summed E-state index contributed by atoms with van der Waals surface area (Å²) in [5.74, 6) is -0.853. The summed E-state index contributed by atoms with van der Waals surface area (Å²) in [6, 6.07) is 11.2. The number of tetrazole rings is 1. The molecule has 118 valence electrons. The highest BCUT2D eigenvalue weighted by Crippen LogP contribution is 2.24. The number of anilines is 1. The molecule has 0 aliphatic heterocycles. The summed E-state index contributed by atoms with van der Waals surface area (Å²) < 4.78 is 20.2. The van der Waals surface area contributed by atoms with Gasteiger partial charge in [-0.1, -0.05) is 0 Å². The summed E-state index contributed by atoms with van der Waals surface area (Å²) in [5.41, 5.74) is 1.76. The van der Waals surface area contributed by atoms with Gasteiger partial charge in [0.05, 0.1) is 17.5 Å². The van der Waals surface area contributed by atoms with Gasteiger partial charge in [0, 0.05) is 11.1 Å². The fraction of sp³-hybridized carbons (Fsp3) is 0. The number of benzene rings is 2. The van der Waals surface area contributed by atoms with Gasteiger partial charge in [-0.2, -0.15) is 0 Å². The van der Waals surface area contributed by atoms with Crippen molar-refractivity contribution in [3.63, 3.8) is 0 Å². The Morgan fingerprint density at radius 2 is 1.96 bits per heavy atom. The number of hydrogen-bond donors (Lipinski definition) is 1. The molecule has 0 spiro atoms. The average molecular weight is 323 g/mol. The summed E-state index contributed by atoms with van der Waals surface area (Å²) in [4.78, 5) is 12.4. The summed E-state index contributed by atoms with van der Waals surface area (Å²) in [5, 5.41) is 14.1. The van der Waals surface area contributed by atoms with Crippen LogP contribution in [-0.2, 0) is 0 Å². The number of halogens is 1. The number of amides is 1. The van der Waals surface area contributed by atoms with Crippen molar-refractivity contribution in [2.24, 2.45) is 0 Å². The van der Waals surface area contributed by atoms with Crippen molar-refractivity contribution >= 4 is 22.6 Å². The topological polar surface area (TPSA) is 85.8 Å². The average Bonchev–Trinajstić information content (AvgIpc) is 3.28. The Labute approximate surface area is 134 Å². The quantitative estimate of drug-likeness (QED) is 0.626. The van der Waals surface area contributed by atoms with E-state index in [1.807, 2.05) is 0 Å². The maximum atomic E-state index is 13.6. The first-order valence-electron chi connectivity index (χ1n) is 7.03. The molecule has 4 rings (SSSR count). The van der Waals surface area contributed by atoms with Gasteiger partial charge in [0.15, 0.2) is 11.4 Å². The smallest absolute Gasteiger partial charge is 0.256 e. The van der Waals surface area contributed by atoms with Crippen LogP contribution in [0.3, 0.4) is 0 Å². The first-order valence-corrected chi connectivity index (χ1v) is 7.03. The minimum atomic E-state index is -0.502. The molecule has 0 saturated heterocycles. The minimum Gasteiger partial charge on any atom is -0.461 e. The third-order valence-electron chi connectivity index (χ3n) is 3.55. The lowest BCUT2D eigenvalue weighted by Crippen LogP contribution is -2.12. The Balaban J connectivity index is 1.59. The van der Waals surface area contributed by atoms with E-state index in [1.54, 1.807) is 30.3 Å². The number of carbonyl (C=O) groups is 1. The second kappa shape index (κ2) is 5.58. The van der Waals surface area contributed by atoms with Crippen LogP contribution in [-0.4, -0.2) is 26.1 Å². The third-order valence-corrected chi connectivity index (χ3v) is 3.55. The monoisotopic (exact) mass is 323 g/mol. The SMILES string of the molecule is O=C(Nc1ccc(-n2cnnn2)cc1)c1ccc(F)c2occc12. The molecule has 8 heteroatoms. The zero-order valence-electron chi connectivity index (χ0n) is 12.2. The van der Waals surface area contributed by atoms with Gasteiger partial charge in [0.25, 0.3) is 5.91 Å². The molecule has 4 aromatic rings. The second-order valence-corrected chi connectivity index (χ2v) is 5.01. The fourth-order valence-electron chi connectivity index (χ4n) is 2.40. The Hall–Kier alpha value is -3.55. The van der Waals surface area contributed by atoms with E-state index in [1.165, 1.54) is 29.4 Å². The zero-order chi connectivity index (χ0) is 16.5. The number of nitrogens with zero attached hydrogens (tertiary/aromatic N) is 4. The standard InChI is InChI=1S/C16H10FN5O2/c17-14-6-5-13(12-7-8-24-15(12)14)16(23)19-10-1-3-11(4-2-10)22-9-18-20-21-22/h1-9H,(H,19,23). The summed E-state index contributed by atoms with van der Waals surface area (Å²) in [6.45, 7) is 0. The van der Waals surface area contributed by atoms with E-state index in [4.69, 9.17) is 4.42 Å². The Kier molecular flexibility index (Phi) is 3.27. The first-order chi connectivity index (χ1) is 11.7. The third kappa shape index (κ3) is 2.39. The van der Waals surface area contributed by atoms with Crippen molar-refractivity contribution in [3.05, 3.63) is 66.4 Å². The second-order valence-electron chi connectivity index (χ2n) is 5.01. The number of carbonyl (C=O) groups excluding carboxylic acids is 1. The Morgan fingerprint density at radius 1 is 1.12 bits per heavy atom. The van der Waals surface area contributed by atoms with E-state index in [0.717, 1.165) is 5.69 Å². The number of fused-ring (bicyclic) bond motifs is 1. The van der Waals surface area contributed by atoms with Crippen molar-refractivity contribution < 1.29 is 13.6 Å². The molecule has 0 atom stereocenters. The number of aromatic nitrogens is 4. The molecule has 1 amide bonds. The van der Waals surface area contributed by atoms with Crippen LogP contribution in [0.2, 0.25) is 0 Å². The molecule has 0 bridgehead atoms. The maximum absolute atomic E-state index is 13.6. The van der Waals surface area contributed by atoms with Gasteiger partial charge in [0.2, 0.25) is 0 Å². The highest BCUT2D eigenvalue weighted by molar-refractivity contribution is 6.12. The van der Waals surface area contributed by atoms with Gasteiger partial charge in [0.1, 0.15) is 6.33 Å². The van der Waals surface area contributed by atoms with Gasteiger partial charge in [-0.05, 0) is 52.9 Å². The molecule has 0 radical (unpaired) electrons. The lowest BCUT2D eigenvalue weighted by Gasteiger charge is -2.07. The van der Waals surface area contributed by atoms with E-state index in [-0.39, 0.29) is 11.5 Å². The van der Waals surface area contributed by atoms with Crippen LogP contribution in [0.4, 0.5) is 10.1 Å². The van der Waals surface area contributed by atoms with Gasteiger partial charge >= 0.3 is 0 Å². The molecule has 0 saturated carbocycles. The zero-order valence-corrected chi connectivity index (χ0v) is 12.2. The van der Waals surface area contributed by atoms with E-state index >= 15 is 0 Å². The van der Waals surface area contributed by atoms with Crippen LogP contribution in [0.5, 0.6) is 0 Å². The highest BCUT2D eigenvalue weighted by atomic mass is 19.1. The van der Waals surface area contributed by atoms with Crippen LogP contribution < -0.4 is 5.32 Å². The molecule has 0 aliphatic carbocycles. The number of nitrogens with one attached hydrogen (secondary N) is 1. The van der Waals surface area contributed by atoms with Gasteiger partial charge < -0.3 is 9.73 Å². The first kappa shape index (κ1) is 14.1. The summed E-state index contributed by atoms with van der Waals surface area (Å²) in [7, 11) is 0. The predicted molar refractivity (Wildman–Crippen MR) is 83.3 cm³/mol. The Morgan fingerprint density at radius 3 is 2.71 bits per heavy atom. The van der Waals surface area contributed by atoms with Crippen molar-refractivity contribution in [1.82, 2.24) is 20.2 Å². The van der Waals surface area contributed by atoms with Gasteiger partial charge in [-0.15, -0.1) is 5.10 Å². The summed E-state index contributed by atoms with van der Waals surface area (Å²) >= 11 is 0. The lowest BCUT2D eigenvalue weighted by atomic mass is 10.1. The molecule has 7 nitrogen and oxygen atoms in total. The van der Waals surface area contributed by atoms with Crippen molar-refractivity contribution in [3.8, 4) is 5.69 Å². The molecule has 2 aromatic heterocycles. The molecule has 2 aromatic carbocycles. The van der Waals surface area contributed by atoms with Crippen LogP contribution in [0, 0.1) is 5.82 Å². The number of furan rings is 1. The van der Waals surface area contributed by atoms with Gasteiger partial charge in [-0.25, -0.2) is 9.07 Å². The largest absolute Gasteiger partial charge is 0.461 e. The number of rotatable bonds is 3. The van der Waals surface area contributed by atoms with E-state index < -0.39 is 5.82 Å². The predicted octanol–water partition coefficient (Wildman–Crippen LogP) is 2.80. The van der Waals surface area contributed by atoms with Crippen molar-refractivity contribution in [2.45, 2.75) is 0 Å². The molecule has 0 fully saturated rings. The minimum absolute atomic E-state index is 0.0664. The molecule has 0 unspecified atom stereocenters. The van der Waals surface area contributed by atoms with Crippen LogP contribution >= 0.6 is 0 Å². The normalized spacial score (nSPS) is 10.9. The Bertz CT molecular complexity index is 1010. The molecule has 2 heterocycles. The molecular weight excluding hydrogens is 313 g/mol. The molecular formula is C16H10FN5O2. The lowest BCUT2D eigenvalue weighted by molar-refractivity contribution is 0.102. The van der Waals surface area contributed by atoms with Crippen LogP contribution in [0.15, 0.2) is 59.5 Å². The van der Waals surface area contributed by atoms with Crippen molar-refractivity contribution in [2.75, 3.05) is 5.32 Å². The van der Waals surface area contributed by atoms with Gasteiger partial charge in [-0.3, -0.25) is 4.79 Å². The maximum Gasteiger partial charge on any atom is 0.256 e. The molecule has 24 heavy (non-hydrogen) atoms. The molecule has 1 N–H and O–H groups in total. The van der Waals surface area contributed by atoms with Crippen LogP contribution in [0.25, 0.3) is 16.7 Å². The van der Waals surface area contributed by atoms with E-state index in [0.29, 0.717) is 16.6 Å². The van der Waals surface area contributed by atoms with E-state index in [9.17, 15) is 9.18 Å². The number of hydrogen-bond acceptors (Lipinski definition) is 5. The summed E-state index contributed by atoms with van der Waals surface area (Å²) in [6.07, 6.45) is 2.83. The van der Waals surface area contributed by atoms with Crippen molar-refractivity contribution in [1.29, 1.82) is 0 Å². The van der Waals surface area contributed by atoms with E-state index in [2.05, 4.69) is 20.8 Å². The van der Waals surface area contributed by atoms with Crippen LogP contribution in [0.1, 0.15) is 10.4 Å². The highest BCUT2D eigenvalue weighted by Gasteiger charge is 2.15. The molecule has 0 aliphatic rings. The fourth-order valence-corrected chi connectivity index (χ4v) is 2.40.